The Balaban J connectivity index is 1.41. The Labute approximate surface area is 143 Å². The van der Waals surface area contributed by atoms with Crippen molar-refractivity contribution in [3.05, 3.63) is 29.6 Å². The predicted octanol–water partition coefficient (Wildman–Crippen LogP) is 4.02. The van der Waals surface area contributed by atoms with Crippen LogP contribution < -0.4 is 10.6 Å². The molecule has 4 bridgehead atoms. The van der Waals surface area contributed by atoms with Crippen molar-refractivity contribution in [1.82, 2.24) is 5.32 Å². The Morgan fingerprint density at radius 2 is 1.75 bits per heavy atom. The Bertz CT molecular complexity index is 622. The van der Waals surface area contributed by atoms with E-state index < -0.39 is 0 Å². The summed E-state index contributed by atoms with van der Waals surface area (Å²) in [5.74, 6) is 2.23. The highest BCUT2D eigenvalue weighted by Gasteiger charge is 2.51. The van der Waals surface area contributed by atoms with E-state index in [9.17, 15) is 9.18 Å². The predicted molar refractivity (Wildman–Crippen MR) is 93.3 cm³/mol. The number of carbonyl (C=O) groups is 1. The molecule has 4 saturated carbocycles. The van der Waals surface area contributed by atoms with Gasteiger partial charge >= 0.3 is 0 Å². The van der Waals surface area contributed by atoms with Crippen LogP contribution in [0.25, 0.3) is 0 Å². The van der Waals surface area contributed by atoms with Crippen molar-refractivity contribution in [2.24, 2.45) is 17.8 Å². The maximum absolute atomic E-state index is 13.7. The number of rotatable bonds is 4. The molecule has 24 heavy (non-hydrogen) atoms. The van der Waals surface area contributed by atoms with Gasteiger partial charge in [-0.2, -0.15) is 0 Å². The molecule has 0 saturated heterocycles. The van der Waals surface area contributed by atoms with Crippen molar-refractivity contribution in [1.29, 1.82) is 0 Å². The molecule has 0 aliphatic heterocycles. The fourth-order valence-corrected chi connectivity index (χ4v) is 5.63. The number of aryl methyl sites for hydroxylation is 1. The molecule has 2 N–H and O–H groups in total. The van der Waals surface area contributed by atoms with Gasteiger partial charge in [0.05, 0.1) is 0 Å². The molecule has 0 radical (unpaired) electrons. The summed E-state index contributed by atoms with van der Waals surface area (Å²) in [6, 6.07) is 4.66. The first-order chi connectivity index (χ1) is 11.4. The monoisotopic (exact) mass is 330 g/mol. The van der Waals surface area contributed by atoms with Crippen molar-refractivity contribution in [2.75, 3.05) is 5.32 Å². The van der Waals surface area contributed by atoms with Crippen LogP contribution in [0.1, 0.15) is 51.0 Å². The van der Waals surface area contributed by atoms with Crippen LogP contribution in [0.5, 0.6) is 0 Å². The van der Waals surface area contributed by atoms with Crippen LogP contribution in [0.4, 0.5) is 10.1 Å². The first kappa shape index (κ1) is 15.9. The number of amides is 1. The van der Waals surface area contributed by atoms with Gasteiger partial charge in [0.2, 0.25) is 5.91 Å². The number of halogens is 1. The summed E-state index contributed by atoms with van der Waals surface area (Å²) < 4.78 is 13.7. The molecule has 4 fully saturated rings. The molecule has 0 spiro atoms. The standard InChI is InChI=1S/C20H27FN2O/c1-12-3-4-17(8-18(12)21)22-13(2)19(24)23-20-9-14-5-15(10-20)7-16(6-14)11-20/h3-4,8,13-16,22H,5-7,9-11H2,1-2H3,(H,23,24)/t13-,14?,15?,16?,20?/m1/s1. The highest BCUT2D eigenvalue weighted by molar-refractivity contribution is 5.85. The number of benzene rings is 1. The van der Waals surface area contributed by atoms with Gasteiger partial charge in [0.1, 0.15) is 11.9 Å². The van der Waals surface area contributed by atoms with Crippen LogP contribution in [0.15, 0.2) is 18.2 Å². The van der Waals surface area contributed by atoms with Crippen molar-refractivity contribution < 1.29 is 9.18 Å². The molecule has 1 aromatic carbocycles. The van der Waals surface area contributed by atoms with E-state index in [2.05, 4.69) is 10.6 Å². The summed E-state index contributed by atoms with van der Waals surface area (Å²) in [5, 5.41) is 6.52. The molecule has 1 aromatic rings. The molecular weight excluding hydrogens is 303 g/mol. The molecule has 0 heterocycles. The van der Waals surface area contributed by atoms with Gasteiger partial charge in [-0.05, 0) is 87.8 Å². The van der Waals surface area contributed by atoms with Gasteiger partial charge < -0.3 is 10.6 Å². The highest BCUT2D eigenvalue weighted by atomic mass is 19.1. The second-order valence-corrected chi connectivity index (χ2v) is 8.52. The molecule has 1 amide bonds. The summed E-state index contributed by atoms with van der Waals surface area (Å²) in [6.07, 6.45) is 7.55. The number of hydrogen-bond donors (Lipinski definition) is 2. The zero-order valence-electron chi connectivity index (χ0n) is 14.6. The fraction of sp³-hybridized carbons (Fsp3) is 0.650. The average molecular weight is 330 g/mol. The third kappa shape index (κ3) is 2.91. The van der Waals surface area contributed by atoms with E-state index in [1.807, 2.05) is 13.0 Å². The first-order valence-electron chi connectivity index (χ1n) is 9.27. The van der Waals surface area contributed by atoms with Gasteiger partial charge in [-0.25, -0.2) is 4.39 Å². The van der Waals surface area contributed by atoms with Gasteiger partial charge in [0, 0.05) is 11.2 Å². The Morgan fingerprint density at radius 3 is 2.29 bits per heavy atom. The Morgan fingerprint density at radius 1 is 1.17 bits per heavy atom. The lowest BCUT2D eigenvalue weighted by atomic mass is 9.53. The molecule has 4 aliphatic carbocycles. The van der Waals surface area contributed by atoms with Crippen molar-refractivity contribution in [2.45, 2.75) is 64.0 Å². The SMILES string of the molecule is Cc1ccc(N[C@H](C)C(=O)NC23CC4CC(CC(C4)C2)C3)cc1F. The second-order valence-electron chi connectivity index (χ2n) is 8.52. The fourth-order valence-electron chi connectivity index (χ4n) is 5.63. The minimum atomic E-state index is -0.361. The van der Waals surface area contributed by atoms with Crippen molar-refractivity contribution >= 4 is 11.6 Å². The maximum Gasteiger partial charge on any atom is 0.242 e. The quantitative estimate of drug-likeness (QED) is 0.875. The Kier molecular flexibility index (Phi) is 3.81. The molecular formula is C20H27FN2O. The van der Waals surface area contributed by atoms with Crippen LogP contribution in [0.2, 0.25) is 0 Å². The van der Waals surface area contributed by atoms with Crippen molar-refractivity contribution in [3.8, 4) is 0 Å². The zero-order valence-corrected chi connectivity index (χ0v) is 14.6. The number of carbonyl (C=O) groups excluding carboxylic acids is 1. The largest absolute Gasteiger partial charge is 0.374 e. The summed E-state index contributed by atoms with van der Waals surface area (Å²) >= 11 is 0. The molecule has 1 atom stereocenters. The molecule has 4 heteroatoms. The summed E-state index contributed by atoms with van der Waals surface area (Å²) in [5.41, 5.74) is 1.30. The second kappa shape index (κ2) is 5.75. The third-order valence-electron chi connectivity index (χ3n) is 6.37. The van der Waals surface area contributed by atoms with Crippen LogP contribution in [0, 0.1) is 30.5 Å². The van der Waals surface area contributed by atoms with E-state index in [0.29, 0.717) is 11.3 Å². The Hall–Kier alpha value is -1.58. The van der Waals surface area contributed by atoms with Crippen LogP contribution in [-0.4, -0.2) is 17.5 Å². The summed E-state index contributed by atoms with van der Waals surface area (Å²) in [4.78, 5) is 12.7. The lowest BCUT2D eigenvalue weighted by Crippen LogP contribution is -2.61. The van der Waals surface area contributed by atoms with E-state index in [4.69, 9.17) is 0 Å². The average Bonchev–Trinajstić information content (AvgIpc) is 2.49. The molecule has 3 nitrogen and oxygen atoms in total. The summed E-state index contributed by atoms with van der Waals surface area (Å²) in [7, 11) is 0. The molecule has 5 rings (SSSR count). The first-order valence-corrected chi connectivity index (χ1v) is 9.27. The summed E-state index contributed by atoms with van der Waals surface area (Å²) in [6.45, 7) is 3.59. The van der Waals surface area contributed by atoms with Gasteiger partial charge in [-0.3, -0.25) is 4.79 Å². The molecule has 4 aliphatic rings. The van der Waals surface area contributed by atoms with E-state index in [1.54, 1.807) is 13.0 Å². The normalized spacial score (nSPS) is 34.9. The van der Waals surface area contributed by atoms with Gasteiger partial charge in [0.25, 0.3) is 0 Å². The van der Waals surface area contributed by atoms with Crippen LogP contribution in [0.3, 0.4) is 0 Å². The van der Waals surface area contributed by atoms with E-state index in [0.717, 1.165) is 37.0 Å². The highest BCUT2D eigenvalue weighted by Crippen LogP contribution is 2.55. The number of nitrogens with one attached hydrogen (secondary N) is 2. The van der Waals surface area contributed by atoms with Crippen molar-refractivity contribution in [3.63, 3.8) is 0 Å². The maximum atomic E-state index is 13.7. The third-order valence-corrected chi connectivity index (χ3v) is 6.37. The molecule has 0 unspecified atom stereocenters. The topological polar surface area (TPSA) is 41.1 Å². The number of hydrogen-bond acceptors (Lipinski definition) is 2. The lowest BCUT2D eigenvalue weighted by Gasteiger charge is -2.57. The zero-order chi connectivity index (χ0) is 16.9. The minimum Gasteiger partial charge on any atom is -0.374 e. The van der Waals surface area contributed by atoms with Gasteiger partial charge in [-0.15, -0.1) is 0 Å². The smallest absolute Gasteiger partial charge is 0.242 e. The minimum absolute atomic E-state index is 0.0281. The van der Waals surface area contributed by atoms with Gasteiger partial charge in [-0.1, -0.05) is 6.07 Å². The van der Waals surface area contributed by atoms with Gasteiger partial charge in [0.15, 0.2) is 0 Å². The van der Waals surface area contributed by atoms with E-state index in [-0.39, 0.29) is 23.3 Å². The van der Waals surface area contributed by atoms with Crippen LogP contribution >= 0.6 is 0 Å². The van der Waals surface area contributed by atoms with E-state index >= 15 is 0 Å². The molecule has 130 valence electrons. The number of anilines is 1. The molecule has 0 aromatic heterocycles. The van der Waals surface area contributed by atoms with Crippen LogP contribution in [-0.2, 0) is 4.79 Å². The lowest BCUT2D eigenvalue weighted by molar-refractivity contribution is -0.127. The van der Waals surface area contributed by atoms with E-state index in [1.165, 1.54) is 25.3 Å².